The van der Waals surface area contributed by atoms with Crippen LogP contribution >= 0.6 is 15.9 Å². The van der Waals surface area contributed by atoms with Crippen molar-refractivity contribution in [3.05, 3.63) is 0 Å². The van der Waals surface area contributed by atoms with Crippen molar-refractivity contribution >= 4 is 27.7 Å². The van der Waals surface area contributed by atoms with Gasteiger partial charge in [-0.15, -0.1) is 0 Å². The molecule has 0 aromatic heterocycles. The summed E-state index contributed by atoms with van der Waals surface area (Å²) >= 11 is 3.15. The van der Waals surface area contributed by atoms with Crippen LogP contribution in [0.5, 0.6) is 0 Å². The Morgan fingerprint density at radius 2 is 1.93 bits per heavy atom. The van der Waals surface area contributed by atoms with E-state index in [0.717, 1.165) is 0 Å². The van der Waals surface area contributed by atoms with Crippen molar-refractivity contribution in [2.45, 2.75) is 25.6 Å². The lowest BCUT2D eigenvalue weighted by Gasteiger charge is -2.23. The van der Waals surface area contributed by atoms with E-state index in [-0.39, 0.29) is 16.6 Å². The van der Waals surface area contributed by atoms with E-state index < -0.39 is 5.41 Å². The highest BCUT2D eigenvalue weighted by atomic mass is 79.9. The number of alkyl halides is 1. The minimum absolute atomic E-state index is 0.0833. The van der Waals surface area contributed by atoms with Crippen LogP contribution < -0.4 is 10.6 Å². The highest BCUT2D eigenvalue weighted by Gasteiger charge is 2.27. The molecule has 0 aliphatic carbocycles. The molecule has 1 atom stereocenters. The summed E-state index contributed by atoms with van der Waals surface area (Å²) in [7, 11) is 1.58. The van der Waals surface area contributed by atoms with Crippen LogP contribution in [-0.4, -0.2) is 30.2 Å². The molecule has 14 heavy (non-hydrogen) atoms. The maximum atomic E-state index is 11.3. The maximum absolute atomic E-state index is 11.3. The Bertz CT molecular complexity index is 227. The molecule has 0 aromatic rings. The molecule has 0 spiro atoms. The molecule has 0 aromatic carbocycles. The molecule has 0 fully saturated rings. The zero-order valence-corrected chi connectivity index (χ0v) is 10.6. The lowest BCUT2D eigenvalue weighted by molar-refractivity contribution is -0.129. The van der Waals surface area contributed by atoms with Gasteiger partial charge >= 0.3 is 0 Å². The minimum atomic E-state index is -0.577. The summed E-state index contributed by atoms with van der Waals surface area (Å²) in [6, 6.07) is 0. The van der Waals surface area contributed by atoms with Crippen LogP contribution in [0.4, 0.5) is 0 Å². The number of amides is 2. The van der Waals surface area contributed by atoms with Gasteiger partial charge in [0, 0.05) is 13.6 Å². The summed E-state index contributed by atoms with van der Waals surface area (Å²) in [5, 5.41) is 5.25. The van der Waals surface area contributed by atoms with E-state index in [4.69, 9.17) is 0 Å². The summed E-state index contributed by atoms with van der Waals surface area (Å²) in [4.78, 5) is 22.3. The summed E-state index contributed by atoms with van der Waals surface area (Å²) in [6.45, 7) is 5.64. The van der Waals surface area contributed by atoms with Gasteiger partial charge in [-0.2, -0.15) is 0 Å². The van der Waals surface area contributed by atoms with Crippen LogP contribution in [0.3, 0.4) is 0 Å². The van der Waals surface area contributed by atoms with Crippen molar-refractivity contribution in [1.82, 2.24) is 10.6 Å². The molecule has 2 amide bonds. The van der Waals surface area contributed by atoms with E-state index in [0.29, 0.717) is 6.54 Å². The summed E-state index contributed by atoms with van der Waals surface area (Å²) in [6.07, 6.45) is 0. The number of hydrogen-bond acceptors (Lipinski definition) is 2. The third-order valence-corrected chi connectivity index (χ3v) is 2.32. The van der Waals surface area contributed by atoms with Gasteiger partial charge in [-0.25, -0.2) is 0 Å². The number of carbonyl (C=O) groups excluding carboxylic acids is 2. The first-order valence-corrected chi connectivity index (χ1v) is 5.37. The predicted molar refractivity (Wildman–Crippen MR) is 59.2 cm³/mol. The molecule has 0 rings (SSSR count). The van der Waals surface area contributed by atoms with Crippen molar-refractivity contribution < 1.29 is 9.59 Å². The number of halogens is 1. The summed E-state index contributed by atoms with van der Waals surface area (Å²) < 4.78 is 0. The quantitative estimate of drug-likeness (QED) is 0.733. The summed E-state index contributed by atoms with van der Waals surface area (Å²) in [5.41, 5.74) is -0.577. The molecule has 0 saturated carbocycles. The fourth-order valence-electron chi connectivity index (χ4n) is 0.867. The molecule has 2 N–H and O–H groups in total. The summed E-state index contributed by atoms with van der Waals surface area (Å²) in [5.74, 6) is -0.193. The molecule has 82 valence electrons. The van der Waals surface area contributed by atoms with Gasteiger partial charge in [-0.3, -0.25) is 9.59 Å². The van der Waals surface area contributed by atoms with E-state index in [9.17, 15) is 9.59 Å². The van der Waals surface area contributed by atoms with Crippen LogP contribution in [0, 0.1) is 5.41 Å². The Morgan fingerprint density at radius 1 is 1.43 bits per heavy atom. The van der Waals surface area contributed by atoms with Gasteiger partial charge in [0.1, 0.15) is 0 Å². The van der Waals surface area contributed by atoms with Gasteiger partial charge in [0.15, 0.2) is 0 Å². The lowest BCUT2D eigenvalue weighted by atomic mass is 9.92. The zero-order valence-electron chi connectivity index (χ0n) is 8.98. The van der Waals surface area contributed by atoms with Crippen LogP contribution in [-0.2, 0) is 9.59 Å². The Kier molecular flexibility index (Phi) is 5.12. The van der Waals surface area contributed by atoms with Crippen LogP contribution in [0.25, 0.3) is 0 Å². The van der Waals surface area contributed by atoms with E-state index in [1.54, 1.807) is 27.8 Å². The Hall–Kier alpha value is -0.580. The van der Waals surface area contributed by atoms with Crippen molar-refractivity contribution in [3.63, 3.8) is 0 Å². The third-order valence-electron chi connectivity index (χ3n) is 1.91. The van der Waals surface area contributed by atoms with Crippen LogP contribution in [0.15, 0.2) is 0 Å². The standard InChI is InChI=1S/C9H17BrN2O2/c1-6(10)7(13)12-5-9(2,3)8(14)11-4/h6H,5H2,1-4H3,(H,11,14)(H,12,13). The number of nitrogens with one attached hydrogen (secondary N) is 2. The van der Waals surface area contributed by atoms with Gasteiger partial charge in [0.2, 0.25) is 11.8 Å². The van der Waals surface area contributed by atoms with Gasteiger partial charge < -0.3 is 10.6 Å². The second kappa shape index (κ2) is 5.34. The smallest absolute Gasteiger partial charge is 0.233 e. The van der Waals surface area contributed by atoms with E-state index in [2.05, 4.69) is 26.6 Å². The molecular weight excluding hydrogens is 248 g/mol. The Morgan fingerprint density at radius 3 is 2.29 bits per heavy atom. The zero-order chi connectivity index (χ0) is 11.4. The number of hydrogen-bond donors (Lipinski definition) is 2. The fraction of sp³-hybridized carbons (Fsp3) is 0.778. The van der Waals surface area contributed by atoms with Crippen molar-refractivity contribution in [2.75, 3.05) is 13.6 Å². The second-order valence-electron chi connectivity index (χ2n) is 3.80. The molecule has 0 radical (unpaired) electrons. The second-order valence-corrected chi connectivity index (χ2v) is 5.17. The molecule has 0 saturated heterocycles. The predicted octanol–water partition coefficient (Wildman–Crippen LogP) is 0.658. The molecule has 5 heteroatoms. The van der Waals surface area contributed by atoms with Crippen molar-refractivity contribution in [1.29, 1.82) is 0 Å². The molecule has 0 aliphatic rings. The minimum Gasteiger partial charge on any atom is -0.359 e. The molecule has 4 nitrogen and oxygen atoms in total. The SMILES string of the molecule is CNC(=O)C(C)(C)CNC(=O)C(C)Br. The van der Waals surface area contributed by atoms with Crippen molar-refractivity contribution in [3.8, 4) is 0 Å². The Labute approximate surface area is 92.9 Å². The first-order chi connectivity index (χ1) is 6.31. The fourth-order valence-corrected chi connectivity index (χ4v) is 1.03. The van der Waals surface area contributed by atoms with Gasteiger partial charge in [0.05, 0.1) is 10.2 Å². The maximum Gasteiger partial charge on any atom is 0.233 e. The normalized spacial score (nSPS) is 13.2. The van der Waals surface area contributed by atoms with Crippen LogP contribution in [0.2, 0.25) is 0 Å². The highest BCUT2D eigenvalue weighted by molar-refractivity contribution is 9.10. The number of carbonyl (C=O) groups is 2. The van der Waals surface area contributed by atoms with Crippen LogP contribution in [0.1, 0.15) is 20.8 Å². The first kappa shape index (κ1) is 13.4. The van der Waals surface area contributed by atoms with Gasteiger partial charge in [-0.1, -0.05) is 15.9 Å². The average Bonchev–Trinajstić information content (AvgIpc) is 2.12. The average molecular weight is 265 g/mol. The molecule has 0 aliphatic heterocycles. The topological polar surface area (TPSA) is 58.2 Å². The van der Waals surface area contributed by atoms with Gasteiger partial charge in [-0.05, 0) is 20.8 Å². The molecule has 0 heterocycles. The highest BCUT2D eigenvalue weighted by Crippen LogP contribution is 2.13. The molecule has 0 bridgehead atoms. The van der Waals surface area contributed by atoms with Gasteiger partial charge in [0.25, 0.3) is 0 Å². The third kappa shape index (κ3) is 4.09. The largest absolute Gasteiger partial charge is 0.359 e. The van der Waals surface area contributed by atoms with Crippen molar-refractivity contribution in [2.24, 2.45) is 5.41 Å². The first-order valence-electron chi connectivity index (χ1n) is 4.45. The molecule has 1 unspecified atom stereocenters. The van der Waals surface area contributed by atoms with E-state index >= 15 is 0 Å². The van der Waals surface area contributed by atoms with E-state index in [1.807, 2.05) is 0 Å². The lowest BCUT2D eigenvalue weighted by Crippen LogP contribution is -2.45. The monoisotopic (exact) mass is 264 g/mol. The number of rotatable bonds is 4. The Balaban J connectivity index is 4.12. The van der Waals surface area contributed by atoms with E-state index in [1.165, 1.54) is 0 Å². The molecular formula is C9H17BrN2O2.